The van der Waals surface area contributed by atoms with E-state index in [0.717, 1.165) is 12.8 Å². The van der Waals surface area contributed by atoms with E-state index in [1.165, 1.54) is 9.80 Å². The Morgan fingerprint density at radius 2 is 1.94 bits per heavy atom. The molecule has 0 aromatic heterocycles. The van der Waals surface area contributed by atoms with Crippen LogP contribution in [0.1, 0.15) is 26.2 Å². The summed E-state index contributed by atoms with van der Waals surface area (Å²) < 4.78 is 0. The molecule has 1 fully saturated rings. The number of carbonyl (C=O) groups excluding carboxylic acids is 2. The van der Waals surface area contributed by atoms with Gasteiger partial charge in [0.2, 0.25) is 5.91 Å². The molecule has 1 rings (SSSR count). The van der Waals surface area contributed by atoms with Gasteiger partial charge in [-0.15, -0.1) is 0 Å². The van der Waals surface area contributed by atoms with Crippen molar-refractivity contribution >= 4 is 17.9 Å². The molecule has 3 N–H and O–H groups in total. The number of carboxylic acids is 1. The number of carbonyl (C=O) groups is 3. The molecule has 0 unspecified atom stereocenters. The molecule has 0 aromatic rings. The van der Waals surface area contributed by atoms with Crippen LogP contribution >= 0.6 is 0 Å². The summed E-state index contributed by atoms with van der Waals surface area (Å²) in [7, 11) is 0. The van der Waals surface area contributed by atoms with E-state index in [-0.39, 0.29) is 31.6 Å². The smallest absolute Gasteiger partial charge is 0.320 e. The van der Waals surface area contributed by atoms with Crippen molar-refractivity contribution in [2.45, 2.75) is 32.2 Å². The van der Waals surface area contributed by atoms with E-state index in [4.69, 9.17) is 10.8 Å². The zero-order valence-electron chi connectivity index (χ0n) is 10.5. The highest BCUT2D eigenvalue weighted by atomic mass is 16.4. The molecular formula is C11H19N3O4. The van der Waals surface area contributed by atoms with Gasteiger partial charge in [0.25, 0.3) is 0 Å². The third-order valence-electron chi connectivity index (χ3n) is 2.80. The number of nitrogens with zero attached hydrogens (tertiary/aromatic N) is 2. The fraction of sp³-hybridized carbons (Fsp3) is 0.727. The molecule has 7 heteroatoms. The van der Waals surface area contributed by atoms with Crippen LogP contribution in [0.3, 0.4) is 0 Å². The number of primary amides is 1. The molecule has 3 amide bonds. The standard InChI is InChI=1S/C11H19N3O4/c1-2-13(7-9(12)15)11(18)14(8-3-4-8)6-5-10(16)17/h8H,2-7H2,1H3,(H2,12,15)(H,16,17). The predicted octanol–water partition coefficient (Wildman–Crippen LogP) is -0.147. The van der Waals surface area contributed by atoms with Gasteiger partial charge in [0, 0.05) is 19.1 Å². The van der Waals surface area contributed by atoms with Crippen molar-refractivity contribution < 1.29 is 19.5 Å². The lowest BCUT2D eigenvalue weighted by Crippen LogP contribution is -2.48. The third kappa shape index (κ3) is 4.23. The van der Waals surface area contributed by atoms with Gasteiger partial charge >= 0.3 is 12.0 Å². The number of hydrogen-bond donors (Lipinski definition) is 2. The minimum absolute atomic E-state index is 0.0869. The summed E-state index contributed by atoms with van der Waals surface area (Å²) in [5.74, 6) is -1.51. The second-order valence-corrected chi connectivity index (χ2v) is 4.33. The van der Waals surface area contributed by atoms with E-state index in [1.54, 1.807) is 6.92 Å². The summed E-state index contributed by atoms with van der Waals surface area (Å²) in [6, 6.07) is -0.196. The van der Waals surface area contributed by atoms with E-state index < -0.39 is 11.9 Å². The molecule has 0 saturated heterocycles. The fourth-order valence-corrected chi connectivity index (χ4v) is 1.72. The summed E-state index contributed by atoms with van der Waals surface area (Å²) in [5, 5.41) is 8.66. The van der Waals surface area contributed by atoms with E-state index >= 15 is 0 Å². The highest BCUT2D eigenvalue weighted by Gasteiger charge is 2.34. The normalized spacial score (nSPS) is 14.1. The lowest BCUT2D eigenvalue weighted by molar-refractivity contribution is -0.137. The van der Waals surface area contributed by atoms with Gasteiger partial charge in [-0.25, -0.2) is 4.79 Å². The first-order valence-corrected chi connectivity index (χ1v) is 6.01. The second-order valence-electron chi connectivity index (χ2n) is 4.33. The summed E-state index contributed by atoms with van der Waals surface area (Å²) in [6.45, 7) is 2.17. The monoisotopic (exact) mass is 257 g/mol. The number of hydrogen-bond acceptors (Lipinski definition) is 3. The van der Waals surface area contributed by atoms with Crippen LogP contribution in [-0.2, 0) is 9.59 Å². The molecular weight excluding hydrogens is 238 g/mol. The first-order valence-electron chi connectivity index (χ1n) is 6.01. The molecule has 1 aliphatic carbocycles. The molecule has 18 heavy (non-hydrogen) atoms. The van der Waals surface area contributed by atoms with E-state index in [1.807, 2.05) is 0 Å². The Hall–Kier alpha value is -1.79. The first-order chi connectivity index (χ1) is 8.45. The lowest BCUT2D eigenvalue weighted by Gasteiger charge is -2.29. The van der Waals surface area contributed by atoms with Gasteiger partial charge < -0.3 is 20.6 Å². The van der Waals surface area contributed by atoms with Crippen LogP contribution < -0.4 is 5.73 Å². The average molecular weight is 257 g/mol. The topological polar surface area (TPSA) is 104 Å². The van der Waals surface area contributed by atoms with Crippen LogP contribution in [0, 0.1) is 0 Å². The summed E-state index contributed by atoms with van der Waals surface area (Å²) in [5.41, 5.74) is 5.08. The van der Waals surface area contributed by atoms with Crippen molar-refractivity contribution in [2.75, 3.05) is 19.6 Å². The Labute approximate surface area is 106 Å². The highest BCUT2D eigenvalue weighted by Crippen LogP contribution is 2.27. The van der Waals surface area contributed by atoms with Gasteiger partial charge in [-0.3, -0.25) is 9.59 Å². The van der Waals surface area contributed by atoms with Crippen molar-refractivity contribution in [2.24, 2.45) is 5.73 Å². The summed E-state index contributed by atoms with van der Waals surface area (Å²) in [4.78, 5) is 36.4. The van der Waals surface area contributed by atoms with Gasteiger partial charge in [-0.05, 0) is 19.8 Å². The van der Waals surface area contributed by atoms with Gasteiger partial charge in [0.1, 0.15) is 6.54 Å². The highest BCUT2D eigenvalue weighted by molar-refractivity contribution is 5.83. The number of likely N-dealkylation sites (N-methyl/N-ethyl adjacent to an activating group) is 1. The largest absolute Gasteiger partial charge is 0.481 e. The van der Waals surface area contributed by atoms with Gasteiger partial charge in [-0.2, -0.15) is 0 Å². The van der Waals surface area contributed by atoms with Crippen LogP contribution in [0.15, 0.2) is 0 Å². The minimum atomic E-state index is -0.939. The van der Waals surface area contributed by atoms with Crippen molar-refractivity contribution in [3.63, 3.8) is 0 Å². The van der Waals surface area contributed by atoms with E-state index in [0.29, 0.717) is 6.54 Å². The van der Waals surface area contributed by atoms with Crippen molar-refractivity contribution in [3.8, 4) is 0 Å². The Bertz CT molecular complexity index is 341. The molecule has 1 aliphatic rings. The molecule has 1 saturated carbocycles. The SMILES string of the molecule is CCN(CC(N)=O)C(=O)N(CCC(=O)O)C1CC1. The summed E-state index contributed by atoms with van der Waals surface area (Å²) >= 11 is 0. The maximum atomic E-state index is 12.2. The van der Waals surface area contributed by atoms with Gasteiger partial charge in [0.05, 0.1) is 6.42 Å². The number of rotatable bonds is 7. The lowest BCUT2D eigenvalue weighted by atomic mass is 10.3. The molecule has 0 atom stereocenters. The molecule has 0 bridgehead atoms. The van der Waals surface area contributed by atoms with E-state index in [2.05, 4.69) is 0 Å². The third-order valence-corrected chi connectivity index (χ3v) is 2.80. The Morgan fingerprint density at radius 3 is 2.33 bits per heavy atom. The molecule has 0 spiro atoms. The van der Waals surface area contributed by atoms with Gasteiger partial charge in [-0.1, -0.05) is 0 Å². The molecule has 0 heterocycles. The van der Waals surface area contributed by atoms with Crippen LogP contribution in [0.4, 0.5) is 4.79 Å². The number of carboxylic acid groups (broad SMARTS) is 1. The first kappa shape index (κ1) is 14.3. The number of nitrogens with two attached hydrogens (primary N) is 1. The maximum absolute atomic E-state index is 12.2. The quantitative estimate of drug-likeness (QED) is 0.662. The maximum Gasteiger partial charge on any atom is 0.320 e. The van der Waals surface area contributed by atoms with Crippen molar-refractivity contribution in [3.05, 3.63) is 0 Å². The second kappa shape index (κ2) is 6.23. The Morgan fingerprint density at radius 1 is 1.33 bits per heavy atom. The van der Waals surface area contributed by atoms with Crippen molar-refractivity contribution in [1.29, 1.82) is 0 Å². The van der Waals surface area contributed by atoms with Crippen LogP contribution in [0.5, 0.6) is 0 Å². The Kier molecular flexibility index (Phi) is 4.94. The minimum Gasteiger partial charge on any atom is -0.481 e. The predicted molar refractivity (Wildman–Crippen MR) is 63.8 cm³/mol. The molecule has 0 aliphatic heterocycles. The van der Waals surface area contributed by atoms with E-state index in [9.17, 15) is 14.4 Å². The molecule has 102 valence electrons. The fourth-order valence-electron chi connectivity index (χ4n) is 1.72. The number of urea groups is 1. The van der Waals surface area contributed by atoms with Crippen LogP contribution in [0.2, 0.25) is 0 Å². The van der Waals surface area contributed by atoms with Crippen molar-refractivity contribution in [1.82, 2.24) is 9.80 Å². The van der Waals surface area contributed by atoms with Crippen LogP contribution in [0.25, 0.3) is 0 Å². The number of aliphatic carboxylic acids is 1. The van der Waals surface area contributed by atoms with Crippen LogP contribution in [-0.4, -0.2) is 58.5 Å². The molecule has 0 radical (unpaired) electrons. The molecule has 7 nitrogen and oxygen atoms in total. The Balaban J connectivity index is 2.62. The average Bonchev–Trinajstić information content (AvgIpc) is 3.09. The summed E-state index contributed by atoms with van der Waals surface area (Å²) in [6.07, 6.45) is 1.69. The zero-order valence-corrected chi connectivity index (χ0v) is 10.5. The van der Waals surface area contributed by atoms with Gasteiger partial charge in [0.15, 0.2) is 0 Å². The molecule has 0 aromatic carbocycles. The zero-order chi connectivity index (χ0) is 13.7. The number of amides is 3.